The van der Waals surface area contributed by atoms with Crippen molar-refractivity contribution >= 4 is 16.9 Å². The largest absolute Gasteiger partial charge is 0.427 e. The maximum absolute atomic E-state index is 11.8. The molecular weight excluding hydrogens is 338 g/mol. The Kier molecular flexibility index (Phi) is 4.52. The molecule has 1 aliphatic heterocycles. The summed E-state index contributed by atoms with van der Waals surface area (Å²) in [5.74, 6) is -1.34. The van der Waals surface area contributed by atoms with Gasteiger partial charge in [-0.2, -0.15) is 0 Å². The fourth-order valence-electron chi connectivity index (χ4n) is 4.15. The molecule has 4 heteroatoms. The lowest BCUT2D eigenvalue weighted by atomic mass is 9.92. The summed E-state index contributed by atoms with van der Waals surface area (Å²) in [6, 6.07) is 14.9. The molecule has 140 valence electrons. The molecule has 0 bridgehead atoms. The van der Waals surface area contributed by atoms with Gasteiger partial charge in [0.05, 0.1) is 12.3 Å². The summed E-state index contributed by atoms with van der Waals surface area (Å²) < 4.78 is 11.8. The molecular formula is C23H25NO3. The zero-order valence-corrected chi connectivity index (χ0v) is 16.1. The highest BCUT2D eigenvalue weighted by atomic mass is 16.7. The molecule has 2 heterocycles. The minimum atomic E-state index is -1.02. The van der Waals surface area contributed by atoms with E-state index in [1.54, 1.807) is 0 Å². The number of aromatic amines is 1. The number of carbonyl (C=O) groups excluding carboxylic acids is 1. The average molecular weight is 363 g/mol. The van der Waals surface area contributed by atoms with Crippen LogP contribution < -0.4 is 0 Å². The molecule has 27 heavy (non-hydrogen) atoms. The first kappa shape index (κ1) is 17.8. The summed E-state index contributed by atoms with van der Waals surface area (Å²) >= 11 is 0. The number of rotatable bonds is 4. The SMILES string of the molecule is CCCC1(OC(C)=O)OCCc2c1[nH]c1cccc(-c3ccc(C)cc3)c21. The van der Waals surface area contributed by atoms with Crippen LogP contribution in [0.15, 0.2) is 42.5 Å². The van der Waals surface area contributed by atoms with Gasteiger partial charge in [0, 0.05) is 24.2 Å². The predicted octanol–water partition coefficient (Wildman–Crippen LogP) is 5.23. The predicted molar refractivity (Wildman–Crippen MR) is 106 cm³/mol. The molecule has 0 saturated carbocycles. The van der Waals surface area contributed by atoms with Crippen LogP contribution in [-0.4, -0.2) is 17.6 Å². The topological polar surface area (TPSA) is 51.3 Å². The number of hydrogen-bond donors (Lipinski definition) is 1. The van der Waals surface area contributed by atoms with Gasteiger partial charge < -0.3 is 14.5 Å². The normalized spacial score (nSPS) is 19.1. The van der Waals surface area contributed by atoms with Crippen LogP contribution in [0.3, 0.4) is 0 Å². The van der Waals surface area contributed by atoms with Crippen molar-refractivity contribution in [2.24, 2.45) is 0 Å². The van der Waals surface area contributed by atoms with Crippen LogP contribution in [0.25, 0.3) is 22.0 Å². The Morgan fingerprint density at radius 2 is 2.00 bits per heavy atom. The molecule has 1 atom stereocenters. The summed E-state index contributed by atoms with van der Waals surface area (Å²) in [6.07, 6.45) is 2.28. The fraction of sp³-hybridized carbons (Fsp3) is 0.348. The molecule has 0 amide bonds. The minimum absolute atomic E-state index is 0.325. The number of hydrogen-bond acceptors (Lipinski definition) is 3. The number of ether oxygens (including phenoxy) is 2. The number of carbonyl (C=O) groups is 1. The van der Waals surface area contributed by atoms with E-state index in [1.165, 1.54) is 34.6 Å². The summed E-state index contributed by atoms with van der Waals surface area (Å²) in [7, 11) is 0. The fourth-order valence-corrected chi connectivity index (χ4v) is 4.15. The van der Waals surface area contributed by atoms with Crippen LogP contribution in [0.2, 0.25) is 0 Å². The van der Waals surface area contributed by atoms with Crippen molar-refractivity contribution in [2.75, 3.05) is 6.61 Å². The molecule has 0 fully saturated rings. The van der Waals surface area contributed by atoms with Crippen LogP contribution in [0.1, 0.15) is 43.5 Å². The highest BCUT2D eigenvalue weighted by Gasteiger charge is 2.43. The Morgan fingerprint density at radius 1 is 1.22 bits per heavy atom. The van der Waals surface area contributed by atoms with Gasteiger partial charge in [0.15, 0.2) is 0 Å². The molecule has 3 aromatic rings. The van der Waals surface area contributed by atoms with Crippen molar-refractivity contribution in [3.63, 3.8) is 0 Å². The van der Waals surface area contributed by atoms with Crippen molar-refractivity contribution in [1.82, 2.24) is 4.98 Å². The Bertz CT molecular complexity index is 987. The number of benzene rings is 2. The van der Waals surface area contributed by atoms with Gasteiger partial charge in [-0.05, 0) is 42.5 Å². The van der Waals surface area contributed by atoms with Gasteiger partial charge in [-0.1, -0.05) is 48.9 Å². The average Bonchev–Trinajstić information content (AvgIpc) is 3.03. The van der Waals surface area contributed by atoms with Gasteiger partial charge in [-0.3, -0.25) is 4.79 Å². The van der Waals surface area contributed by atoms with Gasteiger partial charge in [0.25, 0.3) is 5.79 Å². The Morgan fingerprint density at radius 3 is 2.70 bits per heavy atom. The van der Waals surface area contributed by atoms with Gasteiger partial charge in [-0.25, -0.2) is 0 Å². The number of H-pyrrole nitrogens is 1. The van der Waals surface area contributed by atoms with Crippen molar-refractivity contribution in [1.29, 1.82) is 0 Å². The van der Waals surface area contributed by atoms with Gasteiger partial charge in [-0.15, -0.1) is 0 Å². The summed E-state index contributed by atoms with van der Waals surface area (Å²) in [4.78, 5) is 15.3. The van der Waals surface area contributed by atoms with Crippen molar-refractivity contribution in [3.05, 3.63) is 59.3 Å². The van der Waals surface area contributed by atoms with Crippen molar-refractivity contribution < 1.29 is 14.3 Å². The Labute approximate surface area is 159 Å². The lowest BCUT2D eigenvalue weighted by molar-refractivity contribution is -0.247. The number of fused-ring (bicyclic) bond motifs is 3. The van der Waals surface area contributed by atoms with Crippen molar-refractivity contribution in [2.45, 2.75) is 45.8 Å². The highest BCUT2D eigenvalue weighted by Crippen LogP contribution is 2.43. The summed E-state index contributed by atoms with van der Waals surface area (Å²) in [5.41, 5.74) is 6.76. The van der Waals surface area contributed by atoms with Gasteiger partial charge in [0.1, 0.15) is 0 Å². The summed E-state index contributed by atoms with van der Waals surface area (Å²) in [6.45, 7) is 6.15. The monoisotopic (exact) mass is 363 g/mol. The standard InChI is InChI=1S/C23H25NO3/c1-4-13-23(27-16(3)25)22-19(12-14-26-23)21-18(6-5-7-20(21)24-22)17-10-8-15(2)9-11-17/h5-11,24H,4,12-14H2,1-3H3. The maximum atomic E-state index is 11.8. The molecule has 4 rings (SSSR count). The van der Waals surface area contributed by atoms with E-state index in [9.17, 15) is 4.79 Å². The van der Waals surface area contributed by atoms with E-state index in [2.05, 4.69) is 61.3 Å². The minimum Gasteiger partial charge on any atom is -0.427 e. The smallest absolute Gasteiger partial charge is 0.305 e. The highest BCUT2D eigenvalue weighted by molar-refractivity contribution is 5.99. The van der Waals surface area contributed by atoms with Crippen molar-refractivity contribution in [3.8, 4) is 11.1 Å². The first-order chi connectivity index (χ1) is 13.0. The van der Waals surface area contributed by atoms with Crippen LogP contribution in [-0.2, 0) is 26.5 Å². The van der Waals surface area contributed by atoms with E-state index in [4.69, 9.17) is 9.47 Å². The number of aromatic nitrogens is 1. The second-order valence-corrected chi connectivity index (χ2v) is 7.27. The first-order valence-electron chi connectivity index (χ1n) is 9.58. The second kappa shape index (κ2) is 6.86. The number of aryl methyl sites for hydroxylation is 1. The van der Waals surface area contributed by atoms with E-state index in [1.807, 2.05) is 0 Å². The van der Waals surface area contributed by atoms with Gasteiger partial charge in [0.2, 0.25) is 0 Å². The Balaban J connectivity index is 1.94. The maximum Gasteiger partial charge on any atom is 0.305 e. The quantitative estimate of drug-likeness (QED) is 0.646. The lowest BCUT2D eigenvalue weighted by Crippen LogP contribution is -2.39. The zero-order valence-electron chi connectivity index (χ0n) is 16.1. The first-order valence-corrected chi connectivity index (χ1v) is 9.58. The van der Waals surface area contributed by atoms with Crippen LogP contribution in [0.4, 0.5) is 0 Å². The third-order valence-corrected chi connectivity index (χ3v) is 5.25. The van der Waals surface area contributed by atoms with E-state index < -0.39 is 5.79 Å². The van der Waals surface area contributed by atoms with Gasteiger partial charge >= 0.3 is 5.97 Å². The van der Waals surface area contributed by atoms with Crippen LogP contribution >= 0.6 is 0 Å². The van der Waals surface area contributed by atoms with E-state index in [0.29, 0.717) is 13.0 Å². The molecule has 0 radical (unpaired) electrons. The molecule has 0 spiro atoms. The van der Waals surface area contributed by atoms with Crippen LogP contribution in [0.5, 0.6) is 0 Å². The number of esters is 1. The molecule has 1 unspecified atom stereocenters. The van der Waals surface area contributed by atoms with E-state index in [0.717, 1.165) is 24.1 Å². The van der Waals surface area contributed by atoms with E-state index in [-0.39, 0.29) is 5.97 Å². The van der Waals surface area contributed by atoms with E-state index >= 15 is 0 Å². The zero-order chi connectivity index (χ0) is 19.0. The molecule has 1 aliphatic rings. The lowest BCUT2D eigenvalue weighted by Gasteiger charge is -2.36. The third kappa shape index (κ3) is 3.04. The molecule has 1 aromatic heterocycles. The molecule has 0 aliphatic carbocycles. The number of nitrogens with one attached hydrogen (secondary N) is 1. The summed E-state index contributed by atoms with van der Waals surface area (Å²) in [5, 5.41) is 1.20. The molecule has 2 aromatic carbocycles. The third-order valence-electron chi connectivity index (χ3n) is 5.25. The molecule has 4 nitrogen and oxygen atoms in total. The van der Waals surface area contributed by atoms with Crippen LogP contribution in [0, 0.1) is 6.92 Å². The Hall–Kier alpha value is -2.59. The molecule has 0 saturated heterocycles. The molecule has 1 N–H and O–H groups in total. The second-order valence-electron chi connectivity index (χ2n) is 7.27.